The molecule has 0 aliphatic carbocycles. The molecule has 0 fully saturated rings. The molecule has 2 unspecified atom stereocenters. The fourth-order valence-electron chi connectivity index (χ4n) is 1.93. The predicted molar refractivity (Wildman–Crippen MR) is 73.1 cm³/mol. The number of rotatable bonds is 6. The first kappa shape index (κ1) is 15.2. The van der Waals surface area contributed by atoms with Gasteiger partial charge in [0.05, 0.1) is 0 Å². The Labute approximate surface area is 109 Å². The van der Waals surface area contributed by atoms with Crippen molar-refractivity contribution in [1.29, 1.82) is 0 Å². The summed E-state index contributed by atoms with van der Waals surface area (Å²) in [6, 6.07) is 4.33. The minimum absolute atomic E-state index is 0.353. The summed E-state index contributed by atoms with van der Waals surface area (Å²) in [5.41, 5.74) is 0.577. The first-order valence-corrected chi connectivity index (χ1v) is 6.56. The lowest BCUT2D eigenvalue weighted by atomic mass is 9.77. The van der Waals surface area contributed by atoms with Crippen molar-refractivity contribution < 1.29 is 8.78 Å². The average molecular weight is 252 g/mol. The van der Waals surface area contributed by atoms with E-state index in [1.807, 2.05) is 7.41 Å². The summed E-state index contributed by atoms with van der Waals surface area (Å²) in [5.74, 6) is -1.07. The minimum Gasteiger partial charge on any atom is -0.337 e. The number of hydrogen-bond acceptors (Lipinski definition) is 1. The normalized spacial score (nSPS) is 14.6. The van der Waals surface area contributed by atoms with Crippen LogP contribution in [0.15, 0.2) is 18.2 Å². The Kier molecular flexibility index (Phi) is 5.80. The molecule has 1 nitrogen and oxygen atoms in total. The van der Waals surface area contributed by atoms with Gasteiger partial charge in [0.1, 0.15) is 11.6 Å². The second-order valence-corrected chi connectivity index (χ2v) is 4.79. The fourth-order valence-corrected chi connectivity index (χ4v) is 1.93. The molecule has 2 atom stereocenters. The molecule has 0 spiro atoms. The number of hydrogen-bond donors (Lipinski definition) is 0. The molecular weight excluding hydrogens is 231 g/mol. The van der Waals surface area contributed by atoms with E-state index in [2.05, 4.69) is 32.5 Å². The monoisotopic (exact) mass is 252 g/mol. The summed E-state index contributed by atoms with van der Waals surface area (Å²) in [6.07, 6.45) is 2.00. The summed E-state index contributed by atoms with van der Waals surface area (Å²) in [5, 5.41) is 0. The van der Waals surface area contributed by atoms with E-state index in [1.165, 1.54) is 12.1 Å². The van der Waals surface area contributed by atoms with Crippen LogP contribution in [0.25, 0.3) is 0 Å². The number of halogens is 2. The van der Waals surface area contributed by atoms with Crippen LogP contribution < -0.4 is 5.46 Å². The summed E-state index contributed by atoms with van der Waals surface area (Å²) in [6.45, 7) is 8.47. The van der Waals surface area contributed by atoms with Crippen molar-refractivity contribution >= 4 is 12.9 Å². The van der Waals surface area contributed by atoms with Gasteiger partial charge in [0.15, 0.2) is 0 Å². The highest BCUT2D eigenvalue weighted by atomic mass is 19.1. The van der Waals surface area contributed by atoms with Gasteiger partial charge in [-0.3, -0.25) is 0 Å². The van der Waals surface area contributed by atoms with Crippen LogP contribution in [0.3, 0.4) is 0 Å². The first-order valence-electron chi connectivity index (χ1n) is 6.56. The van der Waals surface area contributed by atoms with Crippen LogP contribution in [0.1, 0.15) is 40.5 Å². The zero-order valence-electron chi connectivity index (χ0n) is 11.6. The zero-order valence-corrected chi connectivity index (χ0v) is 11.6. The van der Waals surface area contributed by atoms with Gasteiger partial charge < -0.3 is 4.81 Å². The average Bonchev–Trinajstić information content (AvgIpc) is 2.33. The fraction of sp³-hybridized carbons (Fsp3) is 0.571. The first-order chi connectivity index (χ1) is 8.47. The Morgan fingerprint density at radius 3 is 1.83 bits per heavy atom. The topological polar surface area (TPSA) is 3.24 Å². The third-order valence-electron chi connectivity index (χ3n) is 3.38. The Morgan fingerprint density at radius 2 is 1.44 bits per heavy atom. The van der Waals surface area contributed by atoms with E-state index in [4.69, 9.17) is 0 Å². The summed E-state index contributed by atoms with van der Waals surface area (Å²) in [4.78, 5) is 2.17. The van der Waals surface area contributed by atoms with Crippen LogP contribution in [0.2, 0.25) is 0 Å². The molecule has 1 radical (unpaired) electrons. The standard InChI is InChI=1S/C14H21BF2N/c1-5-10(3)18(11(4)6-2)15-12-7-13(16)9-14(17)8-12/h7-11H,5-6H2,1-4H3. The maximum atomic E-state index is 13.2. The van der Waals surface area contributed by atoms with Crippen LogP contribution in [-0.2, 0) is 0 Å². The van der Waals surface area contributed by atoms with Gasteiger partial charge in [0, 0.05) is 6.07 Å². The van der Waals surface area contributed by atoms with Crippen molar-refractivity contribution in [3.8, 4) is 0 Å². The largest absolute Gasteiger partial charge is 0.337 e. The predicted octanol–water partition coefficient (Wildman–Crippen LogP) is 3.11. The molecule has 0 amide bonds. The Morgan fingerprint density at radius 1 is 1.00 bits per heavy atom. The molecule has 1 rings (SSSR count). The van der Waals surface area contributed by atoms with E-state index in [0.29, 0.717) is 17.5 Å². The molecule has 0 N–H and O–H groups in total. The lowest BCUT2D eigenvalue weighted by Crippen LogP contribution is -2.47. The van der Waals surface area contributed by atoms with Crippen molar-refractivity contribution in [1.82, 2.24) is 4.81 Å². The molecule has 0 saturated heterocycles. The van der Waals surface area contributed by atoms with Crippen LogP contribution in [0.4, 0.5) is 8.78 Å². The smallest absolute Gasteiger partial charge is 0.248 e. The lowest BCUT2D eigenvalue weighted by Gasteiger charge is -2.33. The van der Waals surface area contributed by atoms with E-state index < -0.39 is 11.6 Å². The van der Waals surface area contributed by atoms with Gasteiger partial charge in [0.2, 0.25) is 7.41 Å². The van der Waals surface area contributed by atoms with Gasteiger partial charge in [-0.2, -0.15) is 0 Å². The van der Waals surface area contributed by atoms with Gasteiger partial charge in [-0.05, 0) is 37.1 Å². The molecule has 0 aromatic heterocycles. The minimum atomic E-state index is -0.533. The van der Waals surface area contributed by atoms with E-state index >= 15 is 0 Å². The van der Waals surface area contributed by atoms with E-state index in [-0.39, 0.29) is 0 Å². The Balaban J connectivity index is 2.88. The molecule has 0 bridgehead atoms. The van der Waals surface area contributed by atoms with Gasteiger partial charge in [0.25, 0.3) is 0 Å². The van der Waals surface area contributed by atoms with Gasteiger partial charge in [-0.15, -0.1) is 0 Å². The van der Waals surface area contributed by atoms with E-state index in [1.54, 1.807) is 0 Å². The van der Waals surface area contributed by atoms with Crippen molar-refractivity contribution in [3.63, 3.8) is 0 Å². The van der Waals surface area contributed by atoms with Gasteiger partial charge >= 0.3 is 0 Å². The Hall–Kier alpha value is -0.895. The third kappa shape index (κ3) is 4.09. The van der Waals surface area contributed by atoms with Crippen molar-refractivity contribution in [3.05, 3.63) is 29.8 Å². The van der Waals surface area contributed by atoms with Gasteiger partial charge in [-0.25, -0.2) is 8.78 Å². The third-order valence-corrected chi connectivity index (χ3v) is 3.38. The number of nitrogens with zero attached hydrogens (tertiary/aromatic N) is 1. The molecule has 1 aromatic rings. The van der Waals surface area contributed by atoms with Crippen LogP contribution in [0, 0.1) is 11.6 Å². The van der Waals surface area contributed by atoms with E-state index in [9.17, 15) is 8.78 Å². The molecule has 0 aliphatic rings. The second kappa shape index (κ2) is 6.88. The van der Waals surface area contributed by atoms with Crippen LogP contribution in [-0.4, -0.2) is 24.3 Å². The van der Waals surface area contributed by atoms with Crippen molar-refractivity contribution in [2.75, 3.05) is 0 Å². The molecule has 4 heteroatoms. The highest BCUT2D eigenvalue weighted by Gasteiger charge is 2.19. The maximum absolute atomic E-state index is 13.2. The molecule has 18 heavy (non-hydrogen) atoms. The van der Waals surface area contributed by atoms with Gasteiger partial charge in [-0.1, -0.05) is 33.2 Å². The Bertz CT molecular complexity index is 354. The second-order valence-electron chi connectivity index (χ2n) is 4.79. The van der Waals surface area contributed by atoms with Crippen LogP contribution in [0.5, 0.6) is 0 Å². The van der Waals surface area contributed by atoms with Crippen molar-refractivity contribution in [2.45, 2.75) is 52.6 Å². The molecule has 0 aliphatic heterocycles. The summed E-state index contributed by atoms with van der Waals surface area (Å²) < 4.78 is 26.3. The molecule has 99 valence electrons. The number of benzene rings is 1. The lowest BCUT2D eigenvalue weighted by molar-refractivity contribution is 0.271. The molecular formula is C14H21BF2N. The SMILES string of the molecule is CCC(C)N([B]c1cc(F)cc(F)c1)C(C)CC. The van der Waals surface area contributed by atoms with Crippen molar-refractivity contribution in [2.24, 2.45) is 0 Å². The zero-order chi connectivity index (χ0) is 13.7. The highest BCUT2D eigenvalue weighted by molar-refractivity contribution is 6.50. The molecule has 1 aromatic carbocycles. The molecule has 0 heterocycles. The highest BCUT2D eigenvalue weighted by Crippen LogP contribution is 2.10. The quantitative estimate of drug-likeness (QED) is 0.703. The van der Waals surface area contributed by atoms with E-state index in [0.717, 1.165) is 18.9 Å². The molecule has 0 saturated carbocycles. The summed E-state index contributed by atoms with van der Waals surface area (Å²) in [7, 11) is 1.86. The summed E-state index contributed by atoms with van der Waals surface area (Å²) >= 11 is 0. The van der Waals surface area contributed by atoms with Crippen LogP contribution >= 0.6 is 0 Å². The maximum Gasteiger partial charge on any atom is 0.248 e.